The Morgan fingerprint density at radius 1 is 1.38 bits per heavy atom. The molecule has 2 heteroatoms. The lowest BCUT2D eigenvalue weighted by Gasteiger charge is -2.29. The Morgan fingerprint density at radius 2 is 2.12 bits per heavy atom. The van der Waals surface area contributed by atoms with E-state index in [1.165, 1.54) is 19.3 Å². The summed E-state index contributed by atoms with van der Waals surface area (Å²) in [5.41, 5.74) is 2.64. The van der Waals surface area contributed by atoms with Crippen LogP contribution in [-0.2, 0) is 0 Å². The van der Waals surface area contributed by atoms with Gasteiger partial charge in [0, 0.05) is 11.7 Å². The van der Waals surface area contributed by atoms with Crippen LogP contribution in [0.4, 0.5) is 5.69 Å². The maximum absolute atomic E-state index is 9.37. The van der Waals surface area contributed by atoms with Crippen LogP contribution in [-0.4, -0.2) is 11.1 Å². The number of anilines is 1. The van der Waals surface area contributed by atoms with Crippen molar-refractivity contribution in [3.63, 3.8) is 0 Å². The molecule has 2 nitrogen and oxygen atoms in total. The van der Waals surface area contributed by atoms with Gasteiger partial charge in [-0.1, -0.05) is 20.3 Å². The lowest BCUT2D eigenvalue weighted by Crippen LogP contribution is -2.31. The van der Waals surface area contributed by atoms with Gasteiger partial charge in [-0.3, -0.25) is 0 Å². The van der Waals surface area contributed by atoms with E-state index in [1.54, 1.807) is 6.07 Å². The normalized spacial score (nSPS) is 23.3. The number of hydrogen-bond acceptors (Lipinski definition) is 2. The van der Waals surface area contributed by atoms with Crippen molar-refractivity contribution in [2.24, 2.45) is 5.41 Å². The minimum atomic E-state index is 0.341. The minimum absolute atomic E-state index is 0.341. The molecule has 0 radical (unpaired) electrons. The second-order valence-electron chi connectivity index (χ2n) is 5.58. The molecule has 1 atom stereocenters. The lowest BCUT2D eigenvalue weighted by molar-refractivity contribution is 0.350. The van der Waals surface area contributed by atoms with E-state index in [1.807, 2.05) is 19.1 Å². The lowest BCUT2D eigenvalue weighted by atomic mass is 9.87. The van der Waals surface area contributed by atoms with Crippen LogP contribution in [0.15, 0.2) is 18.2 Å². The first-order valence-corrected chi connectivity index (χ1v) is 6.05. The van der Waals surface area contributed by atoms with Crippen LogP contribution in [0.2, 0.25) is 0 Å². The van der Waals surface area contributed by atoms with E-state index in [0.29, 0.717) is 17.2 Å². The van der Waals surface area contributed by atoms with Crippen molar-refractivity contribution in [3.05, 3.63) is 23.8 Å². The van der Waals surface area contributed by atoms with Crippen LogP contribution in [0.3, 0.4) is 0 Å². The predicted molar refractivity (Wildman–Crippen MR) is 67.9 cm³/mol. The Balaban J connectivity index is 2.15. The number of aryl methyl sites for hydroxylation is 1. The molecule has 0 aliphatic heterocycles. The molecule has 1 aromatic carbocycles. The van der Waals surface area contributed by atoms with Crippen molar-refractivity contribution >= 4 is 5.69 Å². The van der Waals surface area contributed by atoms with Crippen molar-refractivity contribution in [1.29, 1.82) is 0 Å². The van der Waals surface area contributed by atoms with Crippen molar-refractivity contribution < 1.29 is 5.11 Å². The summed E-state index contributed by atoms with van der Waals surface area (Å²) in [6.07, 6.45) is 3.84. The molecule has 1 unspecified atom stereocenters. The van der Waals surface area contributed by atoms with E-state index in [4.69, 9.17) is 0 Å². The van der Waals surface area contributed by atoms with E-state index in [0.717, 1.165) is 11.3 Å². The van der Waals surface area contributed by atoms with E-state index in [-0.39, 0.29) is 0 Å². The predicted octanol–water partition coefficient (Wildman–Crippen LogP) is 3.69. The first kappa shape index (κ1) is 11.3. The smallest absolute Gasteiger partial charge is 0.115 e. The van der Waals surface area contributed by atoms with Crippen LogP contribution in [0.1, 0.15) is 38.7 Å². The molecule has 1 aliphatic rings. The van der Waals surface area contributed by atoms with Crippen molar-refractivity contribution in [3.8, 4) is 5.75 Å². The van der Waals surface area contributed by atoms with Crippen LogP contribution in [0.25, 0.3) is 0 Å². The van der Waals surface area contributed by atoms with Gasteiger partial charge in [0.2, 0.25) is 0 Å². The molecule has 88 valence electrons. The van der Waals surface area contributed by atoms with Gasteiger partial charge in [-0.05, 0) is 48.9 Å². The monoisotopic (exact) mass is 219 g/mol. The Kier molecular flexibility index (Phi) is 2.83. The average Bonchev–Trinajstić information content (AvgIpc) is 2.50. The molecule has 0 aromatic heterocycles. The van der Waals surface area contributed by atoms with Crippen LogP contribution in [0, 0.1) is 12.3 Å². The maximum Gasteiger partial charge on any atom is 0.115 e. The topological polar surface area (TPSA) is 32.3 Å². The quantitative estimate of drug-likeness (QED) is 0.743. The highest BCUT2D eigenvalue weighted by molar-refractivity contribution is 5.54. The summed E-state index contributed by atoms with van der Waals surface area (Å²) in [5.74, 6) is 0.341. The summed E-state index contributed by atoms with van der Waals surface area (Å²) >= 11 is 0. The number of nitrogens with one attached hydrogen (secondary N) is 1. The largest absolute Gasteiger partial charge is 0.508 e. The number of phenolic OH excluding ortho intramolecular Hbond substituents is 1. The third-order valence-corrected chi connectivity index (χ3v) is 3.80. The van der Waals surface area contributed by atoms with Gasteiger partial charge in [0.25, 0.3) is 0 Å². The standard InChI is InChI=1S/C14H21NO/c1-10-9-11(16)6-7-12(10)15-13-5-4-8-14(13,2)3/h6-7,9,13,15-16H,4-5,8H2,1-3H3. The number of benzene rings is 1. The zero-order valence-electron chi connectivity index (χ0n) is 10.4. The molecule has 0 spiro atoms. The Hall–Kier alpha value is -1.18. The molecule has 0 amide bonds. The molecule has 16 heavy (non-hydrogen) atoms. The van der Waals surface area contributed by atoms with Crippen molar-refractivity contribution in [2.75, 3.05) is 5.32 Å². The SMILES string of the molecule is Cc1cc(O)ccc1NC1CCCC1(C)C. The number of hydrogen-bond donors (Lipinski definition) is 2. The molecule has 1 aliphatic carbocycles. The van der Waals surface area contributed by atoms with Crippen LogP contribution in [0.5, 0.6) is 5.75 Å². The molecule has 1 saturated carbocycles. The van der Waals surface area contributed by atoms with Gasteiger partial charge in [0.05, 0.1) is 0 Å². The minimum Gasteiger partial charge on any atom is -0.508 e. The Morgan fingerprint density at radius 3 is 2.69 bits per heavy atom. The zero-order chi connectivity index (χ0) is 11.8. The fourth-order valence-corrected chi connectivity index (χ4v) is 2.59. The number of rotatable bonds is 2. The van der Waals surface area contributed by atoms with Crippen molar-refractivity contribution in [2.45, 2.75) is 46.1 Å². The zero-order valence-corrected chi connectivity index (χ0v) is 10.4. The molecule has 2 N–H and O–H groups in total. The molecule has 2 rings (SSSR count). The van der Waals surface area contributed by atoms with E-state index in [2.05, 4.69) is 19.2 Å². The third kappa shape index (κ3) is 2.16. The first-order valence-electron chi connectivity index (χ1n) is 6.05. The van der Waals surface area contributed by atoms with E-state index >= 15 is 0 Å². The van der Waals surface area contributed by atoms with Gasteiger partial charge in [0.1, 0.15) is 5.75 Å². The fraction of sp³-hybridized carbons (Fsp3) is 0.571. The maximum atomic E-state index is 9.37. The molecule has 0 heterocycles. The highest BCUT2D eigenvalue weighted by Crippen LogP contribution is 2.39. The second-order valence-corrected chi connectivity index (χ2v) is 5.58. The summed E-state index contributed by atoms with van der Waals surface area (Å²) in [6, 6.07) is 6.08. The highest BCUT2D eigenvalue weighted by Gasteiger charge is 2.34. The average molecular weight is 219 g/mol. The van der Waals surface area contributed by atoms with E-state index in [9.17, 15) is 5.11 Å². The van der Waals surface area contributed by atoms with Gasteiger partial charge < -0.3 is 10.4 Å². The summed E-state index contributed by atoms with van der Waals surface area (Å²) in [6.45, 7) is 6.69. The van der Waals surface area contributed by atoms with Crippen LogP contribution < -0.4 is 5.32 Å². The molecule has 0 saturated heterocycles. The van der Waals surface area contributed by atoms with Crippen molar-refractivity contribution in [1.82, 2.24) is 0 Å². The Labute approximate surface area is 97.7 Å². The first-order chi connectivity index (χ1) is 7.49. The summed E-state index contributed by atoms with van der Waals surface area (Å²) in [5, 5.41) is 13.0. The fourth-order valence-electron chi connectivity index (χ4n) is 2.59. The van der Waals surface area contributed by atoms with Gasteiger partial charge in [-0.25, -0.2) is 0 Å². The van der Waals surface area contributed by atoms with E-state index < -0.39 is 0 Å². The summed E-state index contributed by atoms with van der Waals surface area (Å²) < 4.78 is 0. The Bertz CT molecular complexity index is 384. The molecular weight excluding hydrogens is 198 g/mol. The highest BCUT2D eigenvalue weighted by atomic mass is 16.3. The summed E-state index contributed by atoms with van der Waals surface area (Å²) in [7, 11) is 0. The summed E-state index contributed by atoms with van der Waals surface area (Å²) in [4.78, 5) is 0. The van der Waals surface area contributed by atoms with Gasteiger partial charge in [-0.15, -0.1) is 0 Å². The molecule has 1 fully saturated rings. The molecule has 0 bridgehead atoms. The van der Waals surface area contributed by atoms with Gasteiger partial charge in [0.15, 0.2) is 0 Å². The van der Waals surface area contributed by atoms with Gasteiger partial charge in [-0.2, -0.15) is 0 Å². The molecular formula is C14H21NO. The second kappa shape index (κ2) is 4.00. The number of phenols is 1. The number of aromatic hydroxyl groups is 1. The molecule has 1 aromatic rings. The third-order valence-electron chi connectivity index (χ3n) is 3.80. The van der Waals surface area contributed by atoms with Crippen LogP contribution >= 0.6 is 0 Å². The van der Waals surface area contributed by atoms with Gasteiger partial charge >= 0.3 is 0 Å².